The number of rotatable bonds is 5. The normalized spacial score (nSPS) is 19.8. The van der Waals surface area contributed by atoms with Crippen molar-refractivity contribution in [3.63, 3.8) is 0 Å². The number of ether oxygens (including phenoxy) is 1. The lowest BCUT2D eigenvalue weighted by Crippen LogP contribution is -2.42. The lowest BCUT2D eigenvalue weighted by molar-refractivity contribution is -0.118. The van der Waals surface area contributed by atoms with E-state index in [2.05, 4.69) is 10.2 Å². The molecule has 5 nitrogen and oxygen atoms in total. The lowest BCUT2D eigenvalue weighted by Gasteiger charge is -2.27. The number of benzene rings is 1. The van der Waals surface area contributed by atoms with Gasteiger partial charge in [-0.15, -0.1) is 0 Å². The van der Waals surface area contributed by atoms with Crippen LogP contribution in [0, 0.1) is 0 Å². The molecule has 5 heteroatoms. The summed E-state index contributed by atoms with van der Waals surface area (Å²) in [6.45, 7) is 1.29. The van der Waals surface area contributed by atoms with Gasteiger partial charge in [-0.05, 0) is 31.5 Å². The molecule has 1 aromatic carbocycles. The minimum atomic E-state index is -0.0696. The van der Waals surface area contributed by atoms with Gasteiger partial charge < -0.3 is 15.2 Å². The van der Waals surface area contributed by atoms with Crippen molar-refractivity contribution in [2.45, 2.75) is 31.7 Å². The van der Waals surface area contributed by atoms with Gasteiger partial charge in [0.2, 0.25) is 5.91 Å². The number of carbonyl (C=O) groups excluding carboxylic acids is 1. The molecule has 0 saturated carbocycles. The summed E-state index contributed by atoms with van der Waals surface area (Å²) in [4.78, 5) is 14.3. The Morgan fingerprint density at radius 1 is 1.38 bits per heavy atom. The standard InChI is InChI=1S/C16H24N2O3/c1-21-15-9-5-4-8-14(15)17-16(20)11-18-10-6-2-3-7-13(18)12-19/h4-5,8-9,13,19H,2-3,6-7,10-12H2,1H3,(H,17,20). The number of para-hydroxylation sites is 2. The molecule has 21 heavy (non-hydrogen) atoms. The topological polar surface area (TPSA) is 61.8 Å². The van der Waals surface area contributed by atoms with E-state index in [4.69, 9.17) is 4.74 Å². The zero-order chi connectivity index (χ0) is 15.1. The number of nitrogens with one attached hydrogen (secondary N) is 1. The van der Waals surface area contributed by atoms with Crippen LogP contribution in [0.1, 0.15) is 25.7 Å². The SMILES string of the molecule is COc1ccccc1NC(=O)CN1CCCCCC1CO. The van der Waals surface area contributed by atoms with Gasteiger partial charge in [-0.1, -0.05) is 25.0 Å². The number of likely N-dealkylation sites (tertiary alicyclic amines) is 1. The third kappa shape index (κ3) is 4.44. The van der Waals surface area contributed by atoms with Crippen LogP contribution in [0.25, 0.3) is 0 Å². The van der Waals surface area contributed by atoms with Gasteiger partial charge in [-0.3, -0.25) is 9.69 Å². The maximum Gasteiger partial charge on any atom is 0.238 e. The summed E-state index contributed by atoms with van der Waals surface area (Å²) in [7, 11) is 1.58. The van der Waals surface area contributed by atoms with E-state index >= 15 is 0 Å². The number of methoxy groups -OCH3 is 1. The molecule has 0 aromatic heterocycles. The molecule has 116 valence electrons. The van der Waals surface area contributed by atoms with Gasteiger partial charge in [0.15, 0.2) is 0 Å². The Hall–Kier alpha value is -1.59. The van der Waals surface area contributed by atoms with Crippen molar-refractivity contribution in [1.29, 1.82) is 0 Å². The average molecular weight is 292 g/mol. The molecule has 2 N–H and O–H groups in total. The van der Waals surface area contributed by atoms with Crippen LogP contribution >= 0.6 is 0 Å². The van der Waals surface area contributed by atoms with E-state index in [-0.39, 0.29) is 18.6 Å². The zero-order valence-corrected chi connectivity index (χ0v) is 12.5. The first-order chi connectivity index (χ1) is 10.2. The summed E-state index contributed by atoms with van der Waals surface area (Å²) in [6, 6.07) is 7.46. The predicted molar refractivity (Wildman–Crippen MR) is 82.5 cm³/mol. The van der Waals surface area contributed by atoms with Gasteiger partial charge >= 0.3 is 0 Å². The summed E-state index contributed by atoms with van der Waals surface area (Å²) in [5, 5.41) is 12.4. The predicted octanol–water partition coefficient (Wildman–Crippen LogP) is 1.87. The van der Waals surface area contributed by atoms with Gasteiger partial charge in [0, 0.05) is 6.04 Å². The van der Waals surface area contributed by atoms with Crippen molar-refractivity contribution >= 4 is 11.6 Å². The van der Waals surface area contributed by atoms with Crippen molar-refractivity contribution < 1.29 is 14.6 Å². The van der Waals surface area contributed by atoms with Crippen molar-refractivity contribution in [3.8, 4) is 5.75 Å². The first kappa shape index (κ1) is 15.8. The smallest absolute Gasteiger partial charge is 0.238 e. The fourth-order valence-corrected chi connectivity index (χ4v) is 2.77. The molecule has 0 aliphatic carbocycles. The van der Waals surface area contributed by atoms with Crippen molar-refractivity contribution in [3.05, 3.63) is 24.3 Å². The quantitative estimate of drug-likeness (QED) is 0.870. The highest BCUT2D eigenvalue weighted by molar-refractivity contribution is 5.93. The summed E-state index contributed by atoms with van der Waals surface area (Å²) in [5.41, 5.74) is 0.681. The Balaban J connectivity index is 1.96. The number of hydrogen-bond donors (Lipinski definition) is 2. The zero-order valence-electron chi connectivity index (χ0n) is 12.5. The van der Waals surface area contributed by atoms with Crippen LogP contribution in [-0.2, 0) is 4.79 Å². The van der Waals surface area contributed by atoms with E-state index in [1.54, 1.807) is 7.11 Å². The fraction of sp³-hybridized carbons (Fsp3) is 0.562. The molecule has 1 aliphatic rings. The molecular formula is C16H24N2O3. The first-order valence-corrected chi connectivity index (χ1v) is 7.52. The number of hydrogen-bond acceptors (Lipinski definition) is 4. The fourth-order valence-electron chi connectivity index (χ4n) is 2.77. The Labute approximate surface area is 125 Å². The number of carbonyl (C=O) groups is 1. The largest absolute Gasteiger partial charge is 0.495 e. The highest BCUT2D eigenvalue weighted by Gasteiger charge is 2.22. The van der Waals surface area contributed by atoms with Crippen molar-refractivity contribution in [1.82, 2.24) is 4.90 Å². The Kier molecular flexibility index (Phi) is 6.02. The first-order valence-electron chi connectivity index (χ1n) is 7.52. The van der Waals surface area contributed by atoms with E-state index < -0.39 is 0 Å². The second kappa shape index (κ2) is 8.00. The highest BCUT2D eigenvalue weighted by Crippen LogP contribution is 2.23. The molecule has 1 aromatic rings. The Morgan fingerprint density at radius 2 is 2.19 bits per heavy atom. The second-order valence-corrected chi connectivity index (χ2v) is 5.40. The third-order valence-corrected chi connectivity index (χ3v) is 3.94. The molecule has 1 fully saturated rings. The van der Waals surface area contributed by atoms with E-state index in [0.717, 1.165) is 25.8 Å². The molecule has 0 radical (unpaired) electrons. The van der Waals surface area contributed by atoms with Crippen LogP contribution in [-0.4, -0.2) is 48.8 Å². The van der Waals surface area contributed by atoms with Crippen LogP contribution in [0.4, 0.5) is 5.69 Å². The van der Waals surface area contributed by atoms with Crippen LogP contribution < -0.4 is 10.1 Å². The summed E-state index contributed by atoms with van der Waals surface area (Å²) in [6.07, 6.45) is 4.33. The molecule has 1 saturated heterocycles. The summed E-state index contributed by atoms with van der Waals surface area (Å²) in [5.74, 6) is 0.584. The molecular weight excluding hydrogens is 268 g/mol. The molecule has 1 amide bonds. The number of aliphatic hydroxyl groups excluding tert-OH is 1. The summed E-state index contributed by atoms with van der Waals surface area (Å²) < 4.78 is 5.23. The number of anilines is 1. The molecule has 1 aliphatic heterocycles. The lowest BCUT2D eigenvalue weighted by atomic mass is 10.1. The van der Waals surface area contributed by atoms with Gasteiger partial charge in [-0.25, -0.2) is 0 Å². The third-order valence-electron chi connectivity index (χ3n) is 3.94. The molecule has 1 unspecified atom stereocenters. The molecule has 2 rings (SSSR count). The Morgan fingerprint density at radius 3 is 2.95 bits per heavy atom. The second-order valence-electron chi connectivity index (χ2n) is 5.40. The van der Waals surface area contributed by atoms with Crippen LogP contribution in [0.5, 0.6) is 5.75 Å². The molecule has 0 bridgehead atoms. The van der Waals surface area contributed by atoms with Crippen molar-refractivity contribution in [2.24, 2.45) is 0 Å². The minimum absolute atomic E-state index is 0.0696. The van der Waals surface area contributed by atoms with Gasteiger partial charge in [0.1, 0.15) is 5.75 Å². The van der Waals surface area contributed by atoms with Gasteiger partial charge in [0.25, 0.3) is 0 Å². The number of aliphatic hydroxyl groups is 1. The summed E-state index contributed by atoms with van der Waals surface area (Å²) >= 11 is 0. The number of amides is 1. The van der Waals surface area contributed by atoms with Crippen molar-refractivity contribution in [2.75, 3.05) is 32.1 Å². The maximum absolute atomic E-state index is 12.2. The van der Waals surface area contributed by atoms with Crippen LogP contribution in [0.15, 0.2) is 24.3 Å². The van der Waals surface area contributed by atoms with E-state index in [1.807, 2.05) is 24.3 Å². The van der Waals surface area contributed by atoms with E-state index in [1.165, 1.54) is 6.42 Å². The molecule has 0 spiro atoms. The average Bonchev–Trinajstić information content (AvgIpc) is 2.72. The van der Waals surface area contributed by atoms with E-state index in [9.17, 15) is 9.90 Å². The monoisotopic (exact) mass is 292 g/mol. The van der Waals surface area contributed by atoms with Crippen LogP contribution in [0.3, 0.4) is 0 Å². The maximum atomic E-state index is 12.2. The number of nitrogens with zero attached hydrogens (tertiary/aromatic N) is 1. The molecule has 1 atom stereocenters. The highest BCUT2D eigenvalue weighted by atomic mass is 16.5. The Bertz CT molecular complexity index is 465. The van der Waals surface area contributed by atoms with E-state index in [0.29, 0.717) is 18.0 Å². The van der Waals surface area contributed by atoms with Gasteiger partial charge in [-0.2, -0.15) is 0 Å². The van der Waals surface area contributed by atoms with Crippen LogP contribution in [0.2, 0.25) is 0 Å². The van der Waals surface area contributed by atoms with Gasteiger partial charge in [0.05, 0.1) is 25.9 Å². The minimum Gasteiger partial charge on any atom is -0.495 e. The molecule has 1 heterocycles.